The molecule has 1 aliphatic heterocycles. The predicted molar refractivity (Wildman–Crippen MR) is 132 cm³/mol. The summed E-state index contributed by atoms with van der Waals surface area (Å²) in [6.07, 6.45) is 3.52. The number of rotatable bonds is 5. The lowest BCUT2D eigenvalue weighted by atomic mass is 9.97. The van der Waals surface area contributed by atoms with E-state index in [9.17, 15) is 13.2 Å². The van der Waals surface area contributed by atoms with Gasteiger partial charge in [-0.1, -0.05) is 60.7 Å². The van der Waals surface area contributed by atoms with Crippen molar-refractivity contribution in [2.45, 2.75) is 19.3 Å². The summed E-state index contributed by atoms with van der Waals surface area (Å²) in [6.45, 7) is 0.693. The van der Waals surface area contributed by atoms with Crippen LogP contribution in [0.25, 0.3) is 17.2 Å². The van der Waals surface area contributed by atoms with E-state index in [1.165, 1.54) is 32.0 Å². The molecule has 1 saturated heterocycles. The van der Waals surface area contributed by atoms with Crippen LogP contribution >= 0.6 is 0 Å². The third kappa shape index (κ3) is 4.63. The normalized spacial score (nSPS) is 16.5. The Morgan fingerprint density at radius 3 is 2.36 bits per heavy atom. The van der Waals surface area contributed by atoms with Gasteiger partial charge in [0.05, 0.1) is 0 Å². The van der Waals surface area contributed by atoms with Crippen molar-refractivity contribution in [3.8, 4) is 11.1 Å². The third-order valence-corrected chi connectivity index (χ3v) is 8.04. The molecule has 2 aliphatic rings. The first-order valence-electron chi connectivity index (χ1n) is 11.2. The Balaban J connectivity index is 1.18. The Morgan fingerprint density at radius 1 is 0.879 bits per heavy atom. The zero-order valence-corrected chi connectivity index (χ0v) is 19.1. The number of nitrogens with one attached hydrogen (secondary N) is 1. The molecule has 5 nitrogen and oxygen atoms in total. The number of sulfonamides is 1. The summed E-state index contributed by atoms with van der Waals surface area (Å²) in [5.74, 6) is -0.234. The molecule has 3 aromatic rings. The number of amides is 1. The van der Waals surface area contributed by atoms with Gasteiger partial charge in [-0.3, -0.25) is 4.79 Å². The highest BCUT2D eigenvalue weighted by Crippen LogP contribution is 2.37. The van der Waals surface area contributed by atoms with Crippen molar-refractivity contribution in [1.29, 1.82) is 0 Å². The first kappa shape index (κ1) is 21.6. The molecule has 1 aliphatic carbocycles. The lowest BCUT2D eigenvalue weighted by molar-refractivity contribution is -0.120. The van der Waals surface area contributed by atoms with Gasteiger partial charge < -0.3 is 5.32 Å². The molecule has 0 atom stereocenters. The standard InChI is InChI=1S/C27H26N2O3S/c30-27(28-24-10-11-26-23(19-24)18-22-8-4-5-9-25(22)26)21-12-15-29(16-13-21)33(31,32)17-14-20-6-2-1-3-7-20/h1-11,14,17,19,21H,12-13,15-16,18H2,(H,28,30). The van der Waals surface area contributed by atoms with E-state index in [-0.39, 0.29) is 11.8 Å². The van der Waals surface area contributed by atoms with Crippen molar-refractivity contribution in [1.82, 2.24) is 4.31 Å². The number of piperidine rings is 1. The fourth-order valence-electron chi connectivity index (χ4n) is 4.65. The SMILES string of the molecule is O=C(Nc1ccc2c(c1)Cc1ccccc1-2)C1CCN(S(=O)(=O)C=Cc2ccccc2)CC1. The molecule has 0 bridgehead atoms. The van der Waals surface area contributed by atoms with Gasteiger partial charge in [-0.2, -0.15) is 4.31 Å². The maximum absolute atomic E-state index is 12.9. The molecule has 1 fully saturated rings. The van der Waals surface area contributed by atoms with Gasteiger partial charge in [0.25, 0.3) is 0 Å². The molecule has 0 aromatic heterocycles. The second-order valence-corrected chi connectivity index (χ2v) is 10.4. The van der Waals surface area contributed by atoms with E-state index in [0.29, 0.717) is 25.9 Å². The first-order valence-corrected chi connectivity index (χ1v) is 12.8. The molecule has 0 spiro atoms. The van der Waals surface area contributed by atoms with Crippen molar-refractivity contribution in [2.75, 3.05) is 18.4 Å². The van der Waals surface area contributed by atoms with Gasteiger partial charge in [-0.25, -0.2) is 8.42 Å². The van der Waals surface area contributed by atoms with Crippen LogP contribution in [-0.2, 0) is 21.2 Å². The average molecular weight is 459 g/mol. The molecule has 3 aromatic carbocycles. The topological polar surface area (TPSA) is 66.5 Å². The smallest absolute Gasteiger partial charge is 0.236 e. The molecule has 1 N–H and O–H groups in total. The molecule has 168 valence electrons. The summed E-state index contributed by atoms with van der Waals surface area (Å²) in [5.41, 5.74) is 6.66. The largest absolute Gasteiger partial charge is 0.326 e. The molecular weight excluding hydrogens is 432 g/mol. The molecule has 6 heteroatoms. The molecule has 33 heavy (non-hydrogen) atoms. The summed E-state index contributed by atoms with van der Waals surface area (Å²) in [7, 11) is -3.50. The van der Waals surface area contributed by atoms with Gasteiger partial charge in [-0.15, -0.1) is 0 Å². The monoisotopic (exact) mass is 458 g/mol. The summed E-state index contributed by atoms with van der Waals surface area (Å²) >= 11 is 0. The van der Waals surface area contributed by atoms with E-state index in [0.717, 1.165) is 17.7 Å². The van der Waals surface area contributed by atoms with Crippen LogP contribution in [0.15, 0.2) is 78.2 Å². The van der Waals surface area contributed by atoms with Gasteiger partial charge in [0.2, 0.25) is 15.9 Å². The Labute approximate surface area is 194 Å². The van der Waals surface area contributed by atoms with Crippen molar-refractivity contribution in [3.63, 3.8) is 0 Å². The minimum atomic E-state index is -3.50. The number of carbonyl (C=O) groups is 1. The van der Waals surface area contributed by atoms with Crippen molar-refractivity contribution < 1.29 is 13.2 Å². The van der Waals surface area contributed by atoms with Gasteiger partial charge in [0, 0.05) is 30.1 Å². The fourth-order valence-corrected chi connectivity index (χ4v) is 5.88. The summed E-state index contributed by atoms with van der Waals surface area (Å²) in [6, 6.07) is 23.8. The van der Waals surface area contributed by atoms with Crippen LogP contribution in [0.5, 0.6) is 0 Å². The van der Waals surface area contributed by atoms with Gasteiger partial charge in [0.15, 0.2) is 0 Å². The summed E-state index contributed by atoms with van der Waals surface area (Å²) in [4.78, 5) is 12.9. The lowest BCUT2D eigenvalue weighted by Crippen LogP contribution is -2.40. The molecular formula is C27H26N2O3S. The van der Waals surface area contributed by atoms with E-state index in [1.807, 2.05) is 42.5 Å². The van der Waals surface area contributed by atoms with Crippen LogP contribution in [0.4, 0.5) is 5.69 Å². The zero-order valence-electron chi connectivity index (χ0n) is 18.3. The number of hydrogen-bond acceptors (Lipinski definition) is 3. The zero-order chi connectivity index (χ0) is 22.8. The lowest BCUT2D eigenvalue weighted by Gasteiger charge is -2.29. The van der Waals surface area contributed by atoms with E-state index in [4.69, 9.17) is 0 Å². The minimum absolute atomic E-state index is 0.0395. The molecule has 5 rings (SSSR count). The van der Waals surface area contributed by atoms with Crippen LogP contribution in [0.2, 0.25) is 0 Å². The van der Waals surface area contributed by atoms with Gasteiger partial charge in [-0.05, 0) is 65.3 Å². The van der Waals surface area contributed by atoms with Crippen molar-refractivity contribution >= 4 is 27.7 Å². The van der Waals surface area contributed by atoms with E-state index in [1.54, 1.807) is 6.08 Å². The number of benzene rings is 3. The summed E-state index contributed by atoms with van der Waals surface area (Å²) in [5, 5.41) is 4.30. The molecule has 0 unspecified atom stereocenters. The number of anilines is 1. The number of carbonyl (C=O) groups excluding carboxylic acids is 1. The van der Waals surface area contributed by atoms with Crippen LogP contribution in [0, 0.1) is 5.92 Å². The first-order chi connectivity index (χ1) is 16.0. The Hall–Kier alpha value is -3.22. The van der Waals surface area contributed by atoms with Crippen LogP contribution < -0.4 is 5.32 Å². The van der Waals surface area contributed by atoms with E-state index in [2.05, 4.69) is 35.6 Å². The Kier molecular flexibility index (Phi) is 5.87. The second-order valence-electron chi connectivity index (χ2n) is 8.63. The second kappa shape index (κ2) is 8.96. The molecule has 0 radical (unpaired) electrons. The van der Waals surface area contributed by atoms with Gasteiger partial charge in [0.1, 0.15) is 0 Å². The van der Waals surface area contributed by atoms with E-state index >= 15 is 0 Å². The molecule has 1 heterocycles. The van der Waals surface area contributed by atoms with Crippen molar-refractivity contribution in [3.05, 3.63) is 94.9 Å². The highest BCUT2D eigenvalue weighted by molar-refractivity contribution is 7.92. The number of fused-ring (bicyclic) bond motifs is 3. The quantitative estimate of drug-likeness (QED) is 0.462. The summed E-state index contributed by atoms with van der Waals surface area (Å²) < 4.78 is 26.8. The van der Waals surface area contributed by atoms with Crippen LogP contribution in [-0.4, -0.2) is 31.7 Å². The van der Waals surface area contributed by atoms with Crippen molar-refractivity contribution in [2.24, 2.45) is 5.92 Å². The van der Waals surface area contributed by atoms with E-state index < -0.39 is 10.0 Å². The molecule has 0 saturated carbocycles. The Morgan fingerprint density at radius 2 is 1.58 bits per heavy atom. The van der Waals surface area contributed by atoms with Gasteiger partial charge >= 0.3 is 0 Å². The highest BCUT2D eigenvalue weighted by Gasteiger charge is 2.30. The maximum atomic E-state index is 12.9. The number of nitrogens with zero attached hydrogens (tertiary/aromatic N) is 1. The fraction of sp³-hybridized carbons (Fsp3) is 0.222. The molecule has 1 amide bonds. The number of hydrogen-bond donors (Lipinski definition) is 1. The predicted octanol–water partition coefficient (Wildman–Crippen LogP) is 4.91. The minimum Gasteiger partial charge on any atom is -0.326 e. The average Bonchev–Trinajstić information content (AvgIpc) is 3.21. The van der Waals surface area contributed by atoms with Crippen LogP contribution in [0.1, 0.15) is 29.5 Å². The van der Waals surface area contributed by atoms with Crippen LogP contribution in [0.3, 0.4) is 0 Å². The third-order valence-electron chi connectivity index (χ3n) is 6.48. The Bertz CT molecular complexity index is 1310. The highest BCUT2D eigenvalue weighted by atomic mass is 32.2. The maximum Gasteiger partial charge on any atom is 0.236 e.